The van der Waals surface area contributed by atoms with Crippen LogP contribution in [0.25, 0.3) is 0 Å². The maximum atomic E-state index is 10.1. The molecule has 0 unspecified atom stereocenters. The first-order valence-electron chi connectivity index (χ1n) is 6.01. The lowest BCUT2D eigenvalue weighted by Crippen LogP contribution is -2.34. The maximum absolute atomic E-state index is 10.1. The number of hydrogen-bond donors (Lipinski definition) is 1. The lowest BCUT2D eigenvalue weighted by atomic mass is 9.99. The van der Waals surface area contributed by atoms with E-state index in [1.54, 1.807) is 18.2 Å². The second-order valence-corrected chi connectivity index (χ2v) is 4.23. The van der Waals surface area contributed by atoms with Gasteiger partial charge in [-0.3, -0.25) is 0 Å². The Hall–Kier alpha value is -1.73. The number of methoxy groups -OCH3 is 1. The number of hydrogen-bond acceptors (Lipinski definition) is 4. The van der Waals surface area contributed by atoms with Crippen LogP contribution < -0.4 is 9.47 Å². The van der Waals surface area contributed by atoms with E-state index in [1.165, 1.54) is 7.11 Å². The molecule has 0 bridgehead atoms. The van der Waals surface area contributed by atoms with Gasteiger partial charge in [-0.1, -0.05) is 13.8 Å². The Morgan fingerprint density at radius 3 is 2.33 bits per heavy atom. The van der Waals surface area contributed by atoms with E-state index in [0.29, 0.717) is 29.9 Å². The molecule has 18 heavy (non-hydrogen) atoms. The zero-order chi connectivity index (χ0) is 13.6. The summed E-state index contributed by atoms with van der Waals surface area (Å²) in [4.78, 5) is 0. The molecular formula is C14H19NO3. The molecule has 1 aromatic rings. The first kappa shape index (κ1) is 14.3. The zero-order valence-electron chi connectivity index (χ0n) is 11.1. The third kappa shape index (κ3) is 3.64. The highest BCUT2D eigenvalue weighted by atomic mass is 16.5. The highest BCUT2D eigenvalue weighted by Crippen LogP contribution is 2.24. The number of aliphatic hydroxyl groups is 1. The van der Waals surface area contributed by atoms with Gasteiger partial charge in [0.1, 0.15) is 18.1 Å². The van der Waals surface area contributed by atoms with Crippen LogP contribution in [0.15, 0.2) is 18.2 Å². The van der Waals surface area contributed by atoms with Gasteiger partial charge in [-0.25, -0.2) is 0 Å². The van der Waals surface area contributed by atoms with E-state index in [0.717, 1.165) is 0 Å². The summed E-state index contributed by atoms with van der Waals surface area (Å²) < 4.78 is 10.6. The SMILES string of the molecule is CCC(O)(CC)COc1cc(C#N)cc(OC)c1. The predicted octanol–water partition coefficient (Wildman–Crippen LogP) is 2.50. The molecule has 1 aromatic carbocycles. The molecule has 98 valence electrons. The quantitative estimate of drug-likeness (QED) is 0.841. The van der Waals surface area contributed by atoms with Gasteiger partial charge in [-0.05, 0) is 25.0 Å². The molecule has 0 radical (unpaired) electrons. The minimum Gasteiger partial charge on any atom is -0.497 e. The van der Waals surface area contributed by atoms with Gasteiger partial charge in [0, 0.05) is 6.07 Å². The Morgan fingerprint density at radius 2 is 1.83 bits per heavy atom. The van der Waals surface area contributed by atoms with Crippen LogP contribution in [0.2, 0.25) is 0 Å². The van der Waals surface area contributed by atoms with Gasteiger partial charge in [-0.2, -0.15) is 5.26 Å². The third-order valence-electron chi connectivity index (χ3n) is 3.07. The van der Waals surface area contributed by atoms with Crippen LogP contribution in [0.4, 0.5) is 0 Å². The van der Waals surface area contributed by atoms with Crippen molar-refractivity contribution in [3.05, 3.63) is 23.8 Å². The molecule has 0 heterocycles. The molecule has 0 atom stereocenters. The summed E-state index contributed by atoms with van der Waals surface area (Å²) in [6.07, 6.45) is 1.25. The van der Waals surface area contributed by atoms with Crippen molar-refractivity contribution in [3.63, 3.8) is 0 Å². The summed E-state index contributed by atoms with van der Waals surface area (Å²) in [6.45, 7) is 4.04. The van der Waals surface area contributed by atoms with E-state index < -0.39 is 5.60 Å². The van der Waals surface area contributed by atoms with E-state index in [9.17, 15) is 5.11 Å². The highest BCUT2D eigenvalue weighted by molar-refractivity contribution is 5.43. The summed E-state index contributed by atoms with van der Waals surface area (Å²) in [5, 5.41) is 19.0. The predicted molar refractivity (Wildman–Crippen MR) is 68.7 cm³/mol. The Bertz CT molecular complexity index is 433. The fraction of sp³-hybridized carbons (Fsp3) is 0.500. The first-order valence-corrected chi connectivity index (χ1v) is 6.01. The number of rotatable bonds is 6. The van der Waals surface area contributed by atoms with Crippen molar-refractivity contribution >= 4 is 0 Å². The van der Waals surface area contributed by atoms with E-state index in [1.807, 2.05) is 19.9 Å². The van der Waals surface area contributed by atoms with Gasteiger partial charge < -0.3 is 14.6 Å². The number of nitrogens with zero attached hydrogens (tertiary/aromatic N) is 1. The largest absolute Gasteiger partial charge is 0.497 e. The van der Waals surface area contributed by atoms with Crippen molar-refractivity contribution < 1.29 is 14.6 Å². The van der Waals surface area contributed by atoms with E-state index in [-0.39, 0.29) is 6.61 Å². The average molecular weight is 249 g/mol. The molecular weight excluding hydrogens is 230 g/mol. The zero-order valence-corrected chi connectivity index (χ0v) is 11.1. The minimum absolute atomic E-state index is 0.206. The lowest BCUT2D eigenvalue weighted by molar-refractivity contribution is -0.0114. The van der Waals surface area contributed by atoms with Crippen molar-refractivity contribution in [1.29, 1.82) is 5.26 Å². The van der Waals surface area contributed by atoms with Gasteiger partial charge in [0.25, 0.3) is 0 Å². The molecule has 0 aromatic heterocycles. The molecule has 0 amide bonds. The van der Waals surface area contributed by atoms with Crippen LogP contribution in [-0.2, 0) is 0 Å². The third-order valence-corrected chi connectivity index (χ3v) is 3.07. The molecule has 4 nitrogen and oxygen atoms in total. The van der Waals surface area contributed by atoms with Crippen molar-refractivity contribution in [2.75, 3.05) is 13.7 Å². The van der Waals surface area contributed by atoms with Crippen LogP contribution in [0, 0.1) is 11.3 Å². The van der Waals surface area contributed by atoms with Crippen LogP contribution in [-0.4, -0.2) is 24.4 Å². The Kier molecular flexibility index (Phi) is 4.99. The Balaban J connectivity index is 2.82. The minimum atomic E-state index is -0.824. The molecule has 4 heteroatoms. The summed E-state index contributed by atoms with van der Waals surface area (Å²) in [6, 6.07) is 7.02. The van der Waals surface area contributed by atoms with E-state index >= 15 is 0 Å². The molecule has 0 aliphatic heterocycles. The second-order valence-electron chi connectivity index (χ2n) is 4.23. The molecule has 0 aliphatic rings. The standard InChI is InChI=1S/C14H19NO3/c1-4-14(16,5-2)10-18-13-7-11(9-15)6-12(8-13)17-3/h6-8,16H,4-5,10H2,1-3H3. The van der Waals surface area contributed by atoms with Crippen molar-refractivity contribution in [2.45, 2.75) is 32.3 Å². The molecule has 1 N–H and O–H groups in total. The van der Waals surface area contributed by atoms with Crippen LogP contribution >= 0.6 is 0 Å². The van der Waals surface area contributed by atoms with Crippen molar-refractivity contribution in [1.82, 2.24) is 0 Å². The van der Waals surface area contributed by atoms with Crippen LogP contribution in [0.5, 0.6) is 11.5 Å². The summed E-state index contributed by atoms with van der Waals surface area (Å²) >= 11 is 0. The molecule has 0 saturated carbocycles. The van der Waals surface area contributed by atoms with Gasteiger partial charge >= 0.3 is 0 Å². The molecule has 0 spiro atoms. The van der Waals surface area contributed by atoms with Crippen LogP contribution in [0.3, 0.4) is 0 Å². The fourth-order valence-electron chi connectivity index (χ4n) is 1.51. The van der Waals surface area contributed by atoms with Gasteiger partial charge in [0.15, 0.2) is 0 Å². The van der Waals surface area contributed by atoms with Gasteiger partial charge in [0.05, 0.1) is 24.3 Å². The molecule has 0 aliphatic carbocycles. The summed E-state index contributed by atoms with van der Waals surface area (Å²) in [7, 11) is 1.54. The summed E-state index contributed by atoms with van der Waals surface area (Å²) in [5.41, 5.74) is -0.350. The number of ether oxygens (including phenoxy) is 2. The highest BCUT2D eigenvalue weighted by Gasteiger charge is 2.23. The maximum Gasteiger partial charge on any atom is 0.124 e. The van der Waals surface area contributed by atoms with Crippen molar-refractivity contribution in [2.24, 2.45) is 0 Å². The Morgan fingerprint density at radius 1 is 1.22 bits per heavy atom. The van der Waals surface area contributed by atoms with Gasteiger partial charge in [-0.15, -0.1) is 0 Å². The van der Waals surface area contributed by atoms with Crippen LogP contribution in [0.1, 0.15) is 32.3 Å². The van der Waals surface area contributed by atoms with E-state index in [4.69, 9.17) is 14.7 Å². The number of nitriles is 1. The van der Waals surface area contributed by atoms with E-state index in [2.05, 4.69) is 0 Å². The fourth-order valence-corrected chi connectivity index (χ4v) is 1.51. The molecule has 0 saturated heterocycles. The summed E-state index contributed by atoms with van der Waals surface area (Å²) in [5.74, 6) is 1.10. The smallest absolute Gasteiger partial charge is 0.124 e. The Labute approximate surface area is 108 Å². The molecule has 1 rings (SSSR count). The normalized spacial score (nSPS) is 10.8. The lowest BCUT2D eigenvalue weighted by Gasteiger charge is -2.25. The molecule has 0 fully saturated rings. The average Bonchev–Trinajstić information content (AvgIpc) is 2.44. The topological polar surface area (TPSA) is 62.5 Å². The number of benzene rings is 1. The van der Waals surface area contributed by atoms with Gasteiger partial charge in [0.2, 0.25) is 0 Å². The second kappa shape index (κ2) is 6.27. The monoisotopic (exact) mass is 249 g/mol. The first-order chi connectivity index (χ1) is 8.56. The van der Waals surface area contributed by atoms with Crippen molar-refractivity contribution in [3.8, 4) is 17.6 Å².